The second kappa shape index (κ2) is 7.41. The molecule has 4 N–H and O–H groups in total. The molecule has 3 aromatic rings. The number of hydrogen-bond acceptors (Lipinski definition) is 4. The van der Waals surface area contributed by atoms with E-state index in [1.165, 1.54) is 17.2 Å². The van der Waals surface area contributed by atoms with Gasteiger partial charge in [0.2, 0.25) is 5.91 Å². The van der Waals surface area contributed by atoms with Crippen LogP contribution in [0.4, 0.5) is 13.2 Å². The van der Waals surface area contributed by atoms with E-state index in [0.717, 1.165) is 18.3 Å². The van der Waals surface area contributed by atoms with E-state index in [-0.39, 0.29) is 54.0 Å². The number of halogens is 3. The van der Waals surface area contributed by atoms with Crippen molar-refractivity contribution >= 4 is 16.9 Å². The van der Waals surface area contributed by atoms with Crippen LogP contribution in [0.3, 0.4) is 0 Å². The number of pyridine rings is 1. The average Bonchev–Trinajstić information content (AvgIpc) is 3.08. The number of aliphatic hydroxyl groups is 1. The van der Waals surface area contributed by atoms with E-state index in [1.54, 1.807) is 6.92 Å². The molecule has 2 aromatic heterocycles. The van der Waals surface area contributed by atoms with Gasteiger partial charge in [0.1, 0.15) is 17.3 Å². The fourth-order valence-corrected chi connectivity index (χ4v) is 4.07. The summed E-state index contributed by atoms with van der Waals surface area (Å²) in [6.07, 6.45) is 2.49. The van der Waals surface area contributed by atoms with Crippen molar-refractivity contribution in [2.45, 2.75) is 31.4 Å². The normalized spacial score (nSPS) is 17.3. The zero-order valence-electron chi connectivity index (χ0n) is 16.3. The van der Waals surface area contributed by atoms with Crippen LogP contribution in [0.15, 0.2) is 30.6 Å². The highest BCUT2D eigenvalue weighted by Crippen LogP contribution is 2.39. The molecule has 1 aliphatic heterocycles. The highest BCUT2D eigenvalue weighted by Gasteiger charge is 2.40. The Morgan fingerprint density at radius 1 is 1.23 bits per heavy atom. The molecule has 0 aliphatic carbocycles. The molecule has 1 amide bonds. The summed E-state index contributed by atoms with van der Waals surface area (Å²) < 4.78 is 44.2. The fourth-order valence-electron chi connectivity index (χ4n) is 4.07. The Morgan fingerprint density at radius 2 is 1.87 bits per heavy atom. The van der Waals surface area contributed by atoms with Gasteiger partial charge < -0.3 is 20.7 Å². The first kappa shape index (κ1) is 20.4. The molecule has 1 saturated heterocycles. The minimum absolute atomic E-state index is 0.0232. The molecule has 1 unspecified atom stereocenters. The summed E-state index contributed by atoms with van der Waals surface area (Å²) in [5, 5.41) is 11.1. The number of benzene rings is 1. The number of piperidine rings is 1. The molecule has 6 nitrogen and oxygen atoms in total. The fraction of sp³-hybridized carbons (Fsp3) is 0.333. The van der Waals surface area contributed by atoms with Crippen molar-refractivity contribution in [1.82, 2.24) is 14.9 Å². The smallest absolute Gasteiger partial charge is 0.239 e. The molecule has 4 rings (SSSR count). The zero-order valence-corrected chi connectivity index (χ0v) is 16.3. The average molecular weight is 418 g/mol. The monoisotopic (exact) mass is 418 g/mol. The largest absolute Gasteiger partial charge is 0.385 e. The SMILES string of the molecule is CC(N)C(=O)N1CCC(O)(c2c(F)cc(-c3ccnc4[nH]cc(F)c34)cc2F)CC1. The lowest BCUT2D eigenvalue weighted by Crippen LogP contribution is -2.50. The number of carbonyl (C=O) groups is 1. The second-order valence-corrected chi connectivity index (χ2v) is 7.68. The van der Waals surface area contributed by atoms with E-state index in [2.05, 4.69) is 9.97 Å². The molecule has 3 heterocycles. The minimum atomic E-state index is -1.76. The summed E-state index contributed by atoms with van der Waals surface area (Å²) in [5.74, 6) is -2.72. The standard InChI is InChI=1S/C21H21F3N4O2/c1-11(25)20(29)28-6-3-21(30,4-7-28)18-14(22)8-12(9-15(18)23)13-2-5-26-19-17(13)16(24)10-27-19/h2,5,8-11,30H,3-4,6-7,25H2,1H3,(H,26,27). The molecule has 9 heteroatoms. The molecule has 0 bridgehead atoms. The Morgan fingerprint density at radius 3 is 2.47 bits per heavy atom. The van der Waals surface area contributed by atoms with Crippen LogP contribution in [-0.4, -0.2) is 45.0 Å². The summed E-state index contributed by atoms with van der Waals surface area (Å²) in [6, 6.07) is 2.95. The van der Waals surface area contributed by atoms with Crippen molar-refractivity contribution < 1.29 is 23.1 Å². The van der Waals surface area contributed by atoms with Crippen molar-refractivity contribution in [1.29, 1.82) is 0 Å². The summed E-state index contributed by atoms with van der Waals surface area (Å²) in [7, 11) is 0. The maximum atomic E-state index is 15.0. The number of hydrogen-bond donors (Lipinski definition) is 3. The third kappa shape index (κ3) is 3.33. The number of rotatable bonds is 3. The van der Waals surface area contributed by atoms with Gasteiger partial charge >= 0.3 is 0 Å². The van der Waals surface area contributed by atoms with Gasteiger partial charge in [-0.1, -0.05) is 0 Å². The highest BCUT2D eigenvalue weighted by molar-refractivity contribution is 5.93. The Kier molecular flexibility index (Phi) is 5.03. The van der Waals surface area contributed by atoms with Gasteiger partial charge in [-0.05, 0) is 49.1 Å². The first-order valence-electron chi connectivity index (χ1n) is 9.59. The van der Waals surface area contributed by atoms with Crippen LogP contribution in [-0.2, 0) is 10.4 Å². The van der Waals surface area contributed by atoms with Gasteiger partial charge in [0.15, 0.2) is 5.82 Å². The Hall–Kier alpha value is -2.91. The minimum Gasteiger partial charge on any atom is -0.385 e. The topological polar surface area (TPSA) is 95.2 Å². The van der Waals surface area contributed by atoms with E-state index in [0.29, 0.717) is 0 Å². The third-order valence-corrected chi connectivity index (χ3v) is 5.64. The maximum absolute atomic E-state index is 15.0. The first-order chi connectivity index (χ1) is 14.2. The third-order valence-electron chi connectivity index (χ3n) is 5.64. The highest BCUT2D eigenvalue weighted by atomic mass is 19.1. The van der Waals surface area contributed by atoms with Crippen LogP contribution in [0.2, 0.25) is 0 Å². The predicted molar refractivity (Wildman–Crippen MR) is 105 cm³/mol. The number of nitrogens with one attached hydrogen (secondary N) is 1. The van der Waals surface area contributed by atoms with Crippen LogP contribution in [0.1, 0.15) is 25.3 Å². The van der Waals surface area contributed by atoms with E-state index < -0.39 is 34.7 Å². The number of likely N-dealkylation sites (tertiary alicyclic amines) is 1. The molecular formula is C21H21F3N4O2. The van der Waals surface area contributed by atoms with Crippen LogP contribution >= 0.6 is 0 Å². The van der Waals surface area contributed by atoms with E-state index in [9.17, 15) is 14.3 Å². The number of nitrogens with two attached hydrogens (primary N) is 1. The Bertz CT molecular complexity index is 1100. The van der Waals surface area contributed by atoms with Crippen molar-refractivity contribution in [2.75, 3.05) is 13.1 Å². The van der Waals surface area contributed by atoms with Crippen LogP contribution in [0, 0.1) is 17.5 Å². The van der Waals surface area contributed by atoms with Gasteiger partial charge in [-0.15, -0.1) is 0 Å². The molecular weight excluding hydrogens is 397 g/mol. The van der Waals surface area contributed by atoms with Crippen LogP contribution in [0.5, 0.6) is 0 Å². The van der Waals surface area contributed by atoms with Crippen molar-refractivity contribution in [2.24, 2.45) is 5.73 Å². The Balaban J connectivity index is 1.69. The quantitative estimate of drug-likeness (QED) is 0.610. The molecule has 1 aliphatic rings. The van der Waals surface area contributed by atoms with Crippen molar-refractivity contribution in [3.63, 3.8) is 0 Å². The summed E-state index contributed by atoms with van der Waals surface area (Å²) >= 11 is 0. The van der Waals surface area contributed by atoms with Gasteiger partial charge in [-0.3, -0.25) is 4.79 Å². The predicted octanol–water partition coefficient (Wildman–Crippen LogP) is 2.80. The van der Waals surface area contributed by atoms with Gasteiger partial charge in [0.05, 0.1) is 22.6 Å². The molecule has 0 saturated carbocycles. The number of carbonyl (C=O) groups excluding carboxylic acids is 1. The number of amides is 1. The number of aromatic nitrogens is 2. The van der Waals surface area contributed by atoms with Crippen LogP contribution in [0.25, 0.3) is 22.2 Å². The lowest BCUT2D eigenvalue weighted by Gasteiger charge is -2.39. The summed E-state index contributed by atoms with van der Waals surface area (Å²) in [4.78, 5) is 20.2. The molecule has 1 aromatic carbocycles. The van der Waals surface area contributed by atoms with E-state index >= 15 is 8.78 Å². The van der Waals surface area contributed by atoms with Gasteiger partial charge in [-0.2, -0.15) is 0 Å². The summed E-state index contributed by atoms with van der Waals surface area (Å²) in [6.45, 7) is 1.83. The van der Waals surface area contributed by atoms with Crippen molar-refractivity contribution in [3.8, 4) is 11.1 Å². The molecule has 0 spiro atoms. The number of fused-ring (bicyclic) bond motifs is 1. The molecule has 1 fully saturated rings. The number of aromatic amines is 1. The Labute approximate surface area is 170 Å². The second-order valence-electron chi connectivity index (χ2n) is 7.68. The van der Waals surface area contributed by atoms with Crippen LogP contribution < -0.4 is 5.73 Å². The lowest BCUT2D eigenvalue weighted by atomic mass is 9.82. The van der Waals surface area contributed by atoms with E-state index in [1.807, 2.05) is 0 Å². The first-order valence-corrected chi connectivity index (χ1v) is 9.59. The molecule has 30 heavy (non-hydrogen) atoms. The molecule has 158 valence electrons. The maximum Gasteiger partial charge on any atom is 0.239 e. The molecule has 0 radical (unpaired) electrons. The molecule has 1 atom stereocenters. The number of H-pyrrole nitrogens is 1. The lowest BCUT2D eigenvalue weighted by molar-refractivity contribution is -0.136. The van der Waals surface area contributed by atoms with Gasteiger partial charge in [0, 0.05) is 25.5 Å². The van der Waals surface area contributed by atoms with Gasteiger partial charge in [-0.25, -0.2) is 18.2 Å². The van der Waals surface area contributed by atoms with Gasteiger partial charge in [0.25, 0.3) is 0 Å². The summed E-state index contributed by atoms with van der Waals surface area (Å²) in [5.41, 5.74) is 4.08. The van der Waals surface area contributed by atoms with Crippen molar-refractivity contribution in [3.05, 3.63) is 53.6 Å². The number of nitrogens with zero attached hydrogens (tertiary/aromatic N) is 2. The zero-order chi connectivity index (χ0) is 21.6. The van der Waals surface area contributed by atoms with E-state index in [4.69, 9.17) is 5.73 Å².